The van der Waals surface area contributed by atoms with Crippen molar-refractivity contribution in [2.75, 3.05) is 0 Å². The first-order valence-electron chi connectivity index (χ1n) is 5.45. The van der Waals surface area contributed by atoms with Crippen LogP contribution in [0.25, 0.3) is 10.9 Å². The monoisotopic (exact) mass is 215 g/mol. The van der Waals surface area contributed by atoms with Crippen LogP contribution < -0.4 is 0 Å². The maximum Gasteiger partial charge on any atom is 0.355 e. The second kappa shape index (κ2) is 3.11. The number of aryl methyl sites for hydroxylation is 1. The molecule has 0 N–H and O–H groups in total. The molecule has 0 amide bonds. The Labute approximate surface area is 93.6 Å². The van der Waals surface area contributed by atoms with E-state index in [2.05, 4.69) is 6.07 Å². The summed E-state index contributed by atoms with van der Waals surface area (Å²) < 4.78 is 7.19. The van der Waals surface area contributed by atoms with Gasteiger partial charge in [0.05, 0.1) is 0 Å². The van der Waals surface area contributed by atoms with Gasteiger partial charge in [-0.05, 0) is 18.6 Å². The Bertz CT molecular complexity index is 583. The van der Waals surface area contributed by atoms with Gasteiger partial charge in [-0.25, -0.2) is 4.79 Å². The molecule has 2 aromatic rings. The Kier molecular flexibility index (Phi) is 1.84. The number of para-hydroxylation sites is 1. The number of hydrogen-bond donors (Lipinski definition) is 0. The largest absolute Gasteiger partial charge is 0.458 e. The Morgan fingerprint density at radius 2 is 2.12 bits per heavy atom. The van der Waals surface area contributed by atoms with Crippen molar-refractivity contribution in [3.8, 4) is 0 Å². The van der Waals surface area contributed by atoms with Gasteiger partial charge in [0.2, 0.25) is 0 Å². The summed E-state index contributed by atoms with van der Waals surface area (Å²) in [4.78, 5) is 11.8. The molecule has 16 heavy (non-hydrogen) atoms. The molecule has 2 heterocycles. The first-order chi connectivity index (χ1) is 7.68. The maximum atomic E-state index is 11.8. The number of nitrogens with zero attached hydrogens (tertiary/aromatic N) is 1. The summed E-state index contributed by atoms with van der Waals surface area (Å²) in [7, 11) is 1.92. The summed E-state index contributed by atoms with van der Waals surface area (Å²) in [6.45, 7) is 1.93. The van der Waals surface area contributed by atoms with E-state index in [1.807, 2.05) is 36.7 Å². The highest BCUT2D eigenvalue weighted by atomic mass is 16.5. The van der Waals surface area contributed by atoms with Gasteiger partial charge in [0.15, 0.2) is 0 Å². The van der Waals surface area contributed by atoms with Crippen LogP contribution in [0.15, 0.2) is 24.3 Å². The zero-order chi connectivity index (χ0) is 11.3. The van der Waals surface area contributed by atoms with Gasteiger partial charge in [-0.3, -0.25) is 0 Å². The van der Waals surface area contributed by atoms with E-state index in [-0.39, 0.29) is 12.1 Å². The van der Waals surface area contributed by atoms with Crippen molar-refractivity contribution in [2.24, 2.45) is 7.05 Å². The quantitative estimate of drug-likeness (QED) is 0.631. The number of aromatic nitrogens is 1. The number of esters is 1. The molecule has 1 aromatic heterocycles. The van der Waals surface area contributed by atoms with Gasteiger partial charge in [0, 0.05) is 24.4 Å². The smallest absolute Gasteiger partial charge is 0.355 e. The van der Waals surface area contributed by atoms with Crippen LogP contribution in [0.2, 0.25) is 0 Å². The summed E-state index contributed by atoms with van der Waals surface area (Å²) in [5, 5.41) is 1.17. The minimum atomic E-state index is -0.201. The lowest BCUT2D eigenvalue weighted by molar-refractivity contribution is 0.0290. The van der Waals surface area contributed by atoms with Crippen LogP contribution >= 0.6 is 0 Å². The molecular weight excluding hydrogens is 202 g/mol. The lowest BCUT2D eigenvalue weighted by atomic mass is 10.0. The fourth-order valence-corrected chi connectivity index (χ4v) is 2.51. The first kappa shape index (κ1) is 9.46. The Balaban J connectivity index is 2.39. The average Bonchev–Trinajstić information content (AvgIpc) is 2.54. The second-order valence-corrected chi connectivity index (χ2v) is 4.32. The zero-order valence-corrected chi connectivity index (χ0v) is 9.36. The van der Waals surface area contributed by atoms with Gasteiger partial charge in [-0.2, -0.15) is 0 Å². The number of rotatable bonds is 0. The number of fused-ring (bicyclic) bond motifs is 3. The van der Waals surface area contributed by atoms with E-state index in [9.17, 15) is 4.79 Å². The minimum absolute atomic E-state index is 0.0224. The summed E-state index contributed by atoms with van der Waals surface area (Å²) in [6, 6.07) is 8.10. The van der Waals surface area contributed by atoms with Crippen molar-refractivity contribution >= 4 is 16.9 Å². The summed E-state index contributed by atoms with van der Waals surface area (Å²) in [6.07, 6.45) is 0.786. The third-order valence-corrected chi connectivity index (χ3v) is 3.20. The maximum absolute atomic E-state index is 11.8. The molecule has 0 spiro atoms. The van der Waals surface area contributed by atoms with E-state index in [4.69, 9.17) is 4.74 Å². The third-order valence-electron chi connectivity index (χ3n) is 3.20. The first-order valence-corrected chi connectivity index (χ1v) is 5.45. The highest BCUT2D eigenvalue weighted by Gasteiger charge is 2.29. The minimum Gasteiger partial charge on any atom is -0.458 e. The van der Waals surface area contributed by atoms with E-state index in [0.29, 0.717) is 5.69 Å². The molecule has 1 atom stereocenters. The Morgan fingerprint density at radius 3 is 2.94 bits per heavy atom. The summed E-state index contributed by atoms with van der Waals surface area (Å²) >= 11 is 0. The molecule has 1 aliphatic rings. The predicted octanol–water partition coefficient (Wildman–Crippen LogP) is 2.28. The Morgan fingerprint density at radius 1 is 1.38 bits per heavy atom. The number of cyclic esters (lactones) is 1. The average molecular weight is 215 g/mol. The van der Waals surface area contributed by atoms with Crippen molar-refractivity contribution in [1.29, 1.82) is 0 Å². The van der Waals surface area contributed by atoms with E-state index >= 15 is 0 Å². The molecule has 0 radical (unpaired) electrons. The van der Waals surface area contributed by atoms with Crippen LogP contribution in [0.5, 0.6) is 0 Å². The molecule has 3 heteroatoms. The zero-order valence-electron chi connectivity index (χ0n) is 9.36. The van der Waals surface area contributed by atoms with Gasteiger partial charge in [0.1, 0.15) is 11.8 Å². The molecular formula is C13H13NO2. The van der Waals surface area contributed by atoms with Crippen LogP contribution in [0, 0.1) is 0 Å². The second-order valence-electron chi connectivity index (χ2n) is 4.32. The molecule has 1 aliphatic heterocycles. The van der Waals surface area contributed by atoms with Crippen molar-refractivity contribution < 1.29 is 9.53 Å². The van der Waals surface area contributed by atoms with Gasteiger partial charge >= 0.3 is 5.97 Å². The van der Waals surface area contributed by atoms with Crippen LogP contribution in [-0.2, 0) is 18.2 Å². The molecule has 82 valence electrons. The predicted molar refractivity (Wildman–Crippen MR) is 61.5 cm³/mol. The van der Waals surface area contributed by atoms with Crippen molar-refractivity contribution in [3.63, 3.8) is 0 Å². The number of hydrogen-bond acceptors (Lipinski definition) is 2. The van der Waals surface area contributed by atoms with Gasteiger partial charge < -0.3 is 9.30 Å². The van der Waals surface area contributed by atoms with Crippen molar-refractivity contribution in [1.82, 2.24) is 4.57 Å². The SMILES string of the molecule is CC1Cc2c(n(C)c3ccccc23)C(=O)O1. The number of benzene rings is 1. The number of carbonyl (C=O) groups excluding carboxylic acids is 1. The Hall–Kier alpha value is -1.77. The molecule has 1 aromatic carbocycles. The van der Waals surface area contributed by atoms with Crippen LogP contribution in [0.4, 0.5) is 0 Å². The van der Waals surface area contributed by atoms with E-state index in [1.165, 1.54) is 5.39 Å². The lowest BCUT2D eigenvalue weighted by Gasteiger charge is -2.19. The van der Waals surface area contributed by atoms with E-state index in [0.717, 1.165) is 17.5 Å². The molecule has 0 aliphatic carbocycles. The normalized spacial score (nSPS) is 19.6. The number of carbonyl (C=O) groups is 1. The van der Waals surface area contributed by atoms with Crippen molar-refractivity contribution in [3.05, 3.63) is 35.5 Å². The molecule has 1 unspecified atom stereocenters. The van der Waals surface area contributed by atoms with E-state index < -0.39 is 0 Å². The third kappa shape index (κ3) is 1.11. The molecule has 0 saturated heterocycles. The summed E-state index contributed by atoms with van der Waals surface area (Å²) in [5.74, 6) is -0.201. The van der Waals surface area contributed by atoms with Crippen LogP contribution in [0.3, 0.4) is 0 Å². The molecule has 0 bridgehead atoms. The van der Waals surface area contributed by atoms with Crippen molar-refractivity contribution in [2.45, 2.75) is 19.4 Å². The fraction of sp³-hybridized carbons (Fsp3) is 0.308. The van der Waals surface area contributed by atoms with Gasteiger partial charge in [-0.1, -0.05) is 18.2 Å². The highest BCUT2D eigenvalue weighted by molar-refractivity contribution is 6.00. The van der Waals surface area contributed by atoms with Crippen LogP contribution in [-0.4, -0.2) is 16.6 Å². The molecule has 3 nitrogen and oxygen atoms in total. The fourth-order valence-electron chi connectivity index (χ4n) is 2.51. The standard InChI is InChI=1S/C13H13NO2/c1-8-7-10-9-5-3-4-6-11(9)14(2)12(10)13(15)16-8/h3-6,8H,7H2,1-2H3. The summed E-state index contributed by atoms with van der Waals surface area (Å²) in [5.41, 5.74) is 2.93. The lowest BCUT2D eigenvalue weighted by Crippen LogP contribution is -2.26. The van der Waals surface area contributed by atoms with Gasteiger partial charge in [0.25, 0.3) is 0 Å². The van der Waals surface area contributed by atoms with Crippen LogP contribution in [0.1, 0.15) is 23.0 Å². The molecule has 0 saturated carbocycles. The topological polar surface area (TPSA) is 31.2 Å². The molecule has 3 rings (SSSR count). The molecule has 0 fully saturated rings. The van der Waals surface area contributed by atoms with E-state index in [1.54, 1.807) is 0 Å². The van der Waals surface area contributed by atoms with Gasteiger partial charge in [-0.15, -0.1) is 0 Å². The highest BCUT2D eigenvalue weighted by Crippen LogP contribution is 2.30. The number of ether oxygens (including phenoxy) is 1.